The maximum absolute atomic E-state index is 10.7. The van der Waals surface area contributed by atoms with Crippen LogP contribution in [0.4, 0.5) is 0 Å². The van der Waals surface area contributed by atoms with E-state index in [9.17, 15) is 4.79 Å². The molecule has 0 amide bonds. The van der Waals surface area contributed by atoms with E-state index in [1.165, 1.54) is 12.4 Å². The molecule has 5 nitrogen and oxygen atoms in total. The number of benzene rings is 1. The molecule has 1 N–H and O–H groups in total. The highest BCUT2D eigenvalue weighted by atomic mass is 127. The van der Waals surface area contributed by atoms with E-state index in [0.29, 0.717) is 5.75 Å². The largest absolute Gasteiger partial charge is 0.476 e. The van der Waals surface area contributed by atoms with Gasteiger partial charge in [0.2, 0.25) is 5.88 Å². The third-order valence-electron chi connectivity index (χ3n) is 1.85. The molecule has 0 aliphatic rings. The highest BCUT2D eigenvalue weighted by Gasteiger charge is 2.07. The maximum atomic E-state index is 10.7. The zero-order valence-corrected chi connectivity index (χ0v) is 10.7. The number of hydrogen-bond acceptors (Lipinski definition) is 4. The van der Waals surface area contributed by atoms with Crippen molar-refractivity contribution in [3.63, 3.8) is 0 Å². The van der Waals surface area contributed by atoms with Crippen LogP contribution in [-0.2, 0) is 0 Å². The minimum absolute atomic E-state index is 0.145. The Morgan fingerprint density at radius 2 is 2.18 bits per heavy atom. The molecule has 0 unspecified atom stereocenters. The number of carboxylic acids is 1. The predicted octanol–water partition coefficient (Wildman–Crippen LogP) is 2.57. The number of ether oxygens (including phenoxy) is 1. The molecule has 1 aromatic heterocycles. The van der Waals surface area contributed by atoms with Crippen molar-refractivity contribution < 1.29 is 14.6 Å². The zero-order chi connectivity index (χ0) is 12.3. The van der Waals surface area contributed by atoms with Crippen LogP contribution < -0.4 is 4.74 Å². The van der Waals surface area contributed by atoms with Crippen LogP contribution in [0.2, 0.25) is 0 Å². The highest BCUT2D eigenvalue weighted by molar-refractivity contribution is 14.1. The zero-order valence-electron chi connectivity index (χ0n) is 8.50. The molecule has 0 radical (unpaired) electrons. The normalized spacial score (nSPS) is 9.94. The van der Waals surface area contributed by atoms with Gasteiger partial charge in [0.15, 0.2) is 5.69 Å². The summed E-state index contributed by atoms with van der Waals surface area (Å²) in [7, 11) is 0. The van der Waals surface area contributed by atoms with Crippen molar-refractivity contribution in [2.45, 2.75) is 0 Å². The van der Waals surface area contributed by atoms with Gasteiger partial charge in [0.25, 0.3) is 0 Å². The van der Waals surface area contributed by atoms with E-state index < -0.39 is 5.97 Å². The summed E-state index contributed by atoms with van der Waals surface area (Å²) in [5, 5.41) is 8.76. The lowest BCUT2D eigenvalue weighted by Gasteiger charge is -2.04. The Kier molecular flexibility index (Phi) is 3.52. The molecule has 0 saturated carbocycles. The number of carbonyl (C=O) groups is 1. The molecule has 0 aliphatic carbocycles. The number of aromatic nitrogens is 2. The first kappa shape index (κ1) is 11.8. The van der Waals surface area contributed by atoms with Crippen molar-refractivity contribution in [1.29, 1.82) is 0 Å². The third kappa shape index (κ3) is 3.13. The molecule has 6 heteroatoms. The molecule has 86 valence electrons. The molecule has 1 heterocycles. The van der Waals surface area contributed by atoms with Gasteiger partial charge in [-0.1, -0.05) is 6.07 Å². The molecular formula is C11H7IN2O3. The quantitative estimate of drug-likeness (QED) is 0.868. The number of nitrogens with zero attached hydrogens (tertiary/aromatic N) is 2. The molecule has 17 heavy (non-hydrogen) atoms. The summed E-state index contributed by atoms with van der Waals surface area (Å²) < 4.78 is 6.42. The standard InChI is InChI=1S/C11H7IN2O3/c12-7-2-1-3-8(4-7)17-10-6-13-5-9(14-10)11(15)16/h1-6H,(H,15,16). The number of aromatic carboxylic acids is 1. The number of rotatable bonds is 3. The molecule has 0 aliphatic heterocycles. The van der Waals surface area contributed by atoms with Crippen LogP contribution in [-0.4, -0.2) is 21.0 Å². The van der Waals surface area contributed by atoms with Crippen LogP contribution in [0.15, 0.2) is 36.7 Å². The van der Waals surface area contributed by atoms with Crippen LogP contribution in [0.25, 0.3) is 0 Å². The van der Waals surface area contributed by atoms with Gasteiger partial charge < -0.3 is 9.84 Å². The van der Waals surface area contributed by atoms with Gasteiger partial charge in [0, 0.05) is 3.57 Å². The van der Waals surface area contributed by atoms with Crippen LogP contribution in [0.3, 0.4) is 0 Å². The molecule has 2 aromatic rings. The lowest BCUT2D eigenvalue weighted by Crippen LogP contribution is -2.02. The molecule has 1 aromatic carbocycles. The summed E-state index contributed by atoms with van der Waals surface area (Å²) >= 11 is 2.16. The Hall–Kier alpha value is -1.70. The Bertz CT molecular complexity index is 560. The van der Waals surface area contributed by atoms with E-state index in [2.05, 4.69) is 32.6 Å². The van der Waals surface area contributed by atoms with E-state index in [0.717, 1.165) is 3.57 Å². The summed E-state index contributed by atoms with van der Waals surface area (Å²) in [6.07, 6.45) is 2.54. The van der Waals surface area contributed by atoms with Gasteiger partial charge in [-0.05, 0) is 40.8 Å². The number of carboxylic acid groups (broad SMARTS) is 1. The van der Waals surface area contributed by atoms with Crippen LogP contribution in [0, 0.1) is 3.57 Å². The highest BCUT2D eigenvalue weighted by Crippen LogP contribution is 2.20. The Morgan fingerprint density at radius 3 is 2.88 bits per heavy atom. The lowest BCUT2D eigenvalue weighted by atomic mass is 10.3. The Morgan fingerprint density at radius 1 is 1.35 bits per heavy atom. The van der Waals surface area contributed by atoms with Gasteiger partial charge >= 0.3 is 5.97 Å². The smallest absolute Gasteiger partial charge is 0.356 e. The summed E-state index contributed by atoms with van der Waals surface area (Å²) in [5.74, 6) is -0.383. The Balaban J connectivity index is 2.24. The van der Waals surface area contributed by atoms with Crippen LogP contribution in [0.1, 0.15) is 10.5 Å². The maximum Gasteiger partial charge on any atom is 0.356 e. The van der Waals surface area contributed by atoms with E-state index >= 15 is 0 Å². The van der Waals surface area contributed by atoms with E-state index in [-0.39, 0.29) is 11.6 Å². The third-order valence-corrected chi connectivity index (χ3v) is 2.52. The van der Waals surface area contributed by atoms with Gasteiger partial charge in [-0.15, -0.1) is 0 Å². The topological polar surface area (TPSA) is 72.3 Å². The fourth-order valence-electron chi connectivity index (χ4n) is 1.15. The second-order valence-corrected chi connectivity index (χ2v) is 4.35. The van der Waals surface area contributed by atoms with Gasteiger partial charge in [-0.25, -0.2) is 9.78 Å². The summed E-state index contributed by atoms with van der Waals surface area (Å²) in [6, 6.07) is 7.34. The first-order valence-electron chi connectivity index (χ1n) is 4.64. The van der Waals surface area contributed by atoms with Crippen molar-refractivity contribution >= 4 is 28.6 Å². The second-order valence-electron chi connectivity index (χ2n) is 3.11. The molecule has 0 fully saturated rings. The van der Waals surface area contributed by atoms with Crippen molar-refractivity contribution in [3.8, 4) is 11.6 Å². The molecule has 2 rings (SSSR count). The van der Waals surface area contributed by atoms with Gasteiger partial charge in [0.1, 0.15) is 5.75 Å². The fraction of sp³-hybridized carbons (Fsp3) is 0. The minimum atomic E-state index is -1.13. The molecule has 0 atom stereocenters. The number of hydrogen-bond donors (Lipinski definition) is 1. The minimum Gasteiger partial charge on any atom is -0.476 e. The summed E-state index contributed by atoms with van der Waals surface area (Å²) in [4.78, 5) is 18.3. The van der Waals surface area contributed by atoms with Crippen molar-refractivity contribution in [1.82, 2.24) is 9.97 Å². The predicted molar refractivity (Wildman–Crippen MR) is 68.2 cm³/mol. The monoisotopic (exact) mass is 342 g/mol. The second kappa shape index (κ2) is 5.09. The average Bonchev–Trinajstić information content (AvgIpc) is 2.29. The summed E-state index contributed by atoms with van der Waals surface area (Å²) in [6.45, 7) is 0. The lowest BCUT2D eigenvalue weighted by molar-refractivity contribution is 0.0689. The van der Waals surface area contributed by atoms with Crippen LogP contribution in [0.5, 0.6) is 11.6 Å². The van der Waals surface area contributed by atoms with Gasteiger partial charge in [0.05, 0.1) is 12.4 Å². The first-order valence-corrected chi connectivity index (χ1v) is 5.72. The van der Waals surface area contributed by atoms with Gasteiger partial charge in [-0.2, -0.15) is 0 Å². The Labute approximate surface area is 111 Å². The van der Waals surface area contributed by atoms with E-state index in [4.69, 9.17) is 9.84 Å². The fourth-order valence-corrected chi connectivity index (χ4v) is 1.67. The molecule has 0 spiro atoms. The number of halogens is 1. The summed E-state index contributed by atoms with van der Waals surface area (Å²) in [5.41, 5.74) is -0.145. The van der Waals surface area contributed by atoms with Crippen molar-refractivity contribution in [2.24, 2.45) is 0 Å². The van der Waals surface area contributed by atoms with Crippen molar-refractivity contribution in [2.75, 3.05) is 0 Å². The first-order chi connectivity index (χ1) is 8.15. The molecule has 0 bridgehead atoms. The molecule has 0 saturated heterocycles. The van der Waals surface area contributed by atoms with Crippen LogP contribution >= 0.6 is 22.6 Å². The average molecular weight is 342 g/mol. The van der Waals surface area contributed by atoms with E-state index in [1.807, 2.05) is 18.2 Å². The SMILES string of the molecule is O=C(O)c1cncc(Oc2cccc(I)c2)n1. The van der Waals surface area contributed by atoms with Gasteiger partial charge in [-0.3, -0.25) is 4.98 Å². The van der Waals surface area contributed by atoms with E-state index in [1.54, 1.807) is 6.07 Å². The molecular weight excluding hydrogens is 335 g/mol. The van der Waals surface area contributed by atoms with Crippen molar-refractivity contribution in [3.05, 3.63) is 45.9 Å².